The van der Waals surface area contributed by atoms with E-state index in [0.29, 0.717) is 6.61 Å². The van der Waals surface area contributed by atoms with E-state index in [1.807, 2.05) is 36.7 Å². The van der Waals surface area contributed by atoms with Gasteiger partial charge in [-0.25, -0.2) is 0 Å². The smallest absolute Gasteiger partial charge is 0.119 e. The minimum Gasteiger partial charge on any atom is -0.489 e. The van der Waals surface area contributed by atoms with E-state index in [1.54, 1.807) is 0 Å². The van der Waals surface area contributed by atoms with E-state index in [9.17, 15) is 0 Å². The largest absolute Gasteiger partial charge is 0.489 e. The maximum Gasteiger partial charge on any atom is 0.119 e. The molecule has 1 aliphatic rings. The normalized spacial score (nSPS) is 16.0. The number of nitrogens with zero attached hydrogens (tertiary/aromatic N) is 2. The molecule has 27 heavy (non-hydrogen) atoms. The number of rotatable bonds is 6. The summed E-state index contributed by atoms with van der Waals surface area (Å²) in [5.41, 5.74) is 3.69. The number of aromatic nitrogens is 1. The van der Waals surface area contributed by atoms with Gasteiger partial charge in [0.2, 0.25) is 0 Å². The molecule has 0 aliphatic carbocycles. The fraction of sp³-hybridized carbons (Fsp3) is 0.261. The fourth-order valence-corrected chi connectivity index (χ4v) is 3.58. The predicted molar refractivity (Wildman–Crippen MR) is 108 cm³/mol. The van der Waals surface area contributed by atoms with E-state index in [2.05, 4.69) is 57.7 Å². The van der Waals surface area contributed by atoms with Crippen molar-refractivity contribution < 1.29 is 4.74 Å². The van der Waals surface area contributed by atoms with Crippen LogP contribution < -0.4 is 10.1 Å². The van der Waals surface area contributed by atoms with Crippen LogP contribution in [-0.4, -0.2) is 36.1 Å². The standard InChI is InChI=1S/C23H25N3O/c1-2-5-19(6-3-1)18-27-22-10-8-20(9-11-22)23(21-7-4-12-25-17-21)26-15-13-24-14-16-26/h1-12,17,23-24H,13-16,18H2. The van der Waals surface area contributed by atoms with Crippen LogP contribution in [0.15, 0.2) is 79.1 Å². The van der Waals surface area contributed by atoms with Crippen molar-refractivity contribution in [3.8, 4) is 5.75 Å². The molecule has 1 unspecified atom stereocenters. The van der Waals surface area contributed by atoms with Crippen LogP contribution in [0.3, 0.4) is 0 Å². The van der Waals surface area contributed by atoms with E-state index in [0.717, 1.165) is 31.9 Å². The first-order valence-corrected chi connectivity index (χ1v) is 9.51. The Balaban J connectivity index is 1.51. The van der Waals surface area contributed by atoms with Gasteiger partial charge in [-0.2, -0.15) is 0 Å². The molecule has 4 rings (SSSR count). The summed E-state index contributed by atoms with van der Waals surface area (Å²) in [7, 11) is 0. The van der Waals surface area contributed by atoms with E-state index in [-0.39, 0.29) is 6.04 Å². The number of ether oxygens (including phenoxy) is 1. The highest BCUT2D eigenvalue weighted by atomic mass is 16.5. The summed E-state index contributed by atoms with van der Waals surface area (Å²) in [6, 6.07) is 23.2. The van der Waals surface area contributed by atoms with E-state index < -0.39 is 0 Å². The number of piperazine rings is 1. The first kappa shape index (κ1) is 17.7. The molecule has 3 aromatic rings. The summed E-state index contributed by atoms with van der Waals surface area (Å²) in [6.45, 7) is 4.70. The molecular formula is C23H25N3O. The molecular weight excluding hydrogens is 334 g/mol. The van der Waals surface area contributed by atoms with Crippen LogP contribution >= 0.6 is 0 Å². The molecule has 4 nitrogen and oxygen atoms in total. The average molecular weight is 359 g/mol. The maximum absolute atomic E-state index is 5.94. The zero-order chi connectivity index (χ0) is 18.3. The molecule has 1 aromatic heterocycles. The Morgan fingerprint density at radius 3 is 2.37 bits per heavy atom. The van der Waals surface area contributed by atoms with Gasteiger partial charge in [0.25, 0.3) is 0 Å². The molecule has 1 N–H and O–H groups in total. The predicted octanol–water partition coefficient (Wildman–Crippen LogP) is 3.66. The zero-order valence-electron chi connectivity index (χ0n) is 15.4. The van der Waals surface area contributed by atoms with Gasteiger partial charge in [0.05, 0.1) is 6.04 Å². The lowest BCUT2D eigenvalue weighted by Gasteiger charge is -2.35. The fourth-order valence-electron chi connectivity index (χ4n) is 3.58. The molecule has 4 heteroatoms. The maximum atomic E-state index is 5.94. The lowest BCUT2D eigenvalue weighted by Crippen LogP contribution is -2.45. The number of pyridine rings is 1. The monoisotopic (exact) mass is 359 g/mol. The molecule has 1 atom stereocenters. The first-order chi connectivity index (χ1) is 13.4. The van der Waals surface area contributed by atoms with Crippen molar-refractivity contribution in [2.75, 3.05) is 26.2 Å². The van der Waals surface area contributed by atoms with Gasteiger partial charge in [0.15, 0.2) is 0 Å². The van der Waals surface area contributed by atoms with Gasteiger partial charge in [-0.3, -0.25) is 9.88 Å². The third-order valence-electron chi connectivity index (χ3n) is 4.96. The van der Waals surface area contributed by atoms with Gasteiger partial charge in [0, 0.05) is 38.6 Å². The lowest BCUT2D eigenvalue weighted by molar-refractivity contribution is 0.198. The van der Waals surface area contributed by atoms with Crippen molar-refractivity contribution in [1.82, 2.24) is 15.2 Å². The highest BCUT2D eigenvalue weighted by Gasteiger charge is 2.24. The third-order valence-corrected chi connectivity index (χ3v) is 4.96. The number of hydrogen-bond acceptors (Lipinski definition) is 4. The first-order valence-electron chi connectivity index (χ1n) is 9.51. The molecule has 0 bridgehead atoms. The average Bonchev–Trinajstić information content (AvgIpc) is 2.76. The van der Waals surface area contributed by atoms with Gasteiger partial charge < -0.3 is 10.1 Å². The van der Waals surface area contributed by atoms with Crippen molar-refractivity contribution in [3.05, 3.63) is 95.8 Å². The molecule has 2 aromatic carbocycles. The van der Waals surface area contributed by atoms with Crippen LogP contribution in [0.2, 0.25) is 0 Å². The highest BCUT2D eigenvalue weighted by Crippen LogP contribution is 2.29. The molecule has 0 radical (unpaired) electrons. The Kier molecular flexibility index (Phi) is 5.77. The number of hydrogen-bond donors (Lipinski definition) is 1. The summed E-state index contributed by atoms with van der Waals surface area (Å²) in [5.74, 6) is 0.896. The Morgan fingerprint density at radius 1 is 0.889 bits per heavy atom. The van der Waals surface area contributed by atoms with Crippen LogP contribution in [0.25, 0.3) is 0 Å². The van der Waals surface area contributed by atoms with Crippen LogP contribution in [0.4, 0.5) is 0 Å². The van der Waals surface area contributed by atoms with Crippen molar-refractivity contribution in [2.45, 2.75) is 12.6 Å². The third kappa shape index (κ3) is 4.54. The molecule has 2 heterocycles. The van der Waals surface area contributed by atoms with Crippen molar-refractivity contribution >= 4 is 0 Å². The van der Waals surface area contributed by atoms with E-state index in [4.69, 9.17) is 4.74 Å². The topological polar surface area (TPSA) is 37.4 Å². The Labute approximate surface area is 160 Å². The van der Waals surface area contributed by atoms with Crippen LogP contribution in [0.1, 0.15) is 22.7 Å². The second-order valence-electron chi connectivity index (χ2n) is 6.82. The van der Waals surface area contributed by atoms with Crippen LogP contribution in [0, 0.1) is 0 Å². The summed E-state index contributed by atoms with van der Waals surface area (Å²) in [5, 5.41) is 3.44. The number of nitrogens with one attached hydrogen (secondary N) is 1. The van der Waals surface area contributed by atoms with Gasteiger partial charge in [0.1, 0.15) is 12.4 Å². The molecule has 0 amide bonds. The minimum atomic E-state index is 0.226. The molecule has 1 saturated heterocycles. The van der Waals surface area contributed by atoms with Gasteiger partial charge in [-0.05, 0) is 34.9 Å². The minimum absolute atomic E-state index is 0.226. The Hall–Kier alpha value is -2.69. The summed E-state index contributed by atoms with van der Waals surface area (Å²) < 4.78 is 5.94. The zero-order valence-corrected chi connectivity index (χ0v) is 15.4. The SMILES string of the molecule is c1ccc(COc2ccc(C(c3cccnc3)N3CCNCC3)cc2)cc1. The Bertz CT molecular complexity index is 815. The van der Waals surface area contributed by atoms with Crippen molar-refractivity contribution in [3.63, 3.8) is 0 Å². The summed E-state index contributed by atoms with van der Waals surface area (Å²) in [4.78, 5) is 6.86. The Morgan fingerprint density at radius 2 is 1.67 bits per heavy atom. The van der Waals surface area contributed by atoms with Gasteiger partial charge in [-0.15, -0.1) is 0 Å². The molecule has 138 valence electrons. The summed E-state index contributed by atoms with van der Waals surface area (Å²) in [6.07, 6.45) is 3.81. The quantitative estimate of drug-likeness (QED) is 0.729. The van der Waals surface area contributed by atoms with Crippen molar-refractivity contribution in [2.24, 2.45) is 0 Å². The highest BCUT2D eigenvalue weighted by molar-refractivity contribution is 5.35. The number of benzene rings is 2. The molecule has 0 spiro atoms. The second-order valence-corrected chi connectivity index (χ2v) is 6.82. The lowest BCUT2D eigenvalue weighted by atomic mass is 9.97. The second kappa shape index (κ2) is 8.80. The summed E-state index contributed by atoms with van der Waals surface area (Å²) >= 11 is 0. The molecule has 1 fully saturated rings. The van der Waals surface area contributed by atoms with Gasteiger partial charge in [-0.1, -0.05) is 48.5 Å². The van der Waals surface area contributed by atoms with Crippen LogP contribution in [0.5, 0.6) is 5.75 Å². The van der Waals surface area contributed by atoms with Crippen LogP contribution in [-0.2, 0) is 6.61 Å². The molecule has 0 saturated carbocycles. The van der Waals surface area contributed by atoms with E-state index >= 15 is 0 Å². The van der Waals surface area contributed by atoms with Gasteiger partial charge >= 0.3 is 0 Å². The van der Waals surface area contributed by atoms with Crippen molar-refractivity contribution in [1.29, 1.82) is 0 Å². The van der Waals surface area contributed by atoms with E-state index in [1.165, 1.54) is 16.7 Å². The molecule has 1 aliphatic heterocycles.